The monoisotopic (exact) mass is 615 g/mol. The second-order valence-corrected chi connectivity index (χ2v) is 10.7. The van der Waals surface area contributed by atoms with E-state index in [-0.39, 0.29) is 17.7 Å². The van der Waals surface area contributed by atoms with Gasteiger partial charge in [-0.05, 0) is 88.6 Å². The molecule has 5 nitrogen and oxygen atoms in total. The van der Waals surface area contributed by atoms with Gasteiger partial charge in [0.15, 0.2) is 11.5 Å². The molecule has 3 aromatic carbocycles. The molecule has 8 heteroatoms. The van der Waals surface area contributed by atoms with Crippen LogP contribution in [0.5, 0.6) is 11.5 Å². The van der Waals surface area contributed by atoms with Crippen LogP contribution in [0.25, 0.3) is 6.08 Å². The lowest BCUT2D eigenvalue weighted by molar-refractivity contribution is -0.123. The van der Waals surface area contributed by atoms with Crippen LogP contribution in [0.4, 0.5) is 4.79 Å². The number of hydrogen-bond acceptors (Lipinski definition) is 5. The van der Waals surface area contributed by atoms with Crippen molar-refractivity contribution in [1.82, 2.24) is 4.90 Å². The molecule has 0 unspecified atom stereocenters. The number of imide groups is 1. The van der Waals surface area contributed by atoms with E-state index >= 15 is 0 Å². The van der Waals surface area contributed by atoms with E-state index in [0.29, 0.717) is 34.1 Å². The average molecular weight is 617 g/mol. The lowest BCUT2D eigenvalue weighted by atomic mass is 10.1. The van der Waals surface area contributed by atoms with Gasteiger partial charge in [0, 0.05) is 4.47 Å². The molecular formula is C27H23Br2NO4S. The highest BCUT2D eigenvalue weighted by Gasteiger charge is 2.35. The van der Waals surface area contributed by atoms with Crippen LogP contribution in [0.1, 0.15) is 29.2 Å². The molecule has 3 aromatic rings. The molecule has 2 amide bonds. The van der Waals surface area contributed by atoms with Crippen LogP contribution < -0.4 is 9.47 Å². The Morgan fingerprint density at radius 2 is 1.63 bits per heavy atom. The molecule has 4 rings (SSSR count). The molecule has 0 radical (unpaired) electrons. The van der Waals surface area contributed by atoms with Gasteiger partial charge in [0.2, 0.25) is 0 Å². The van der Waals surface area contributed by atoms with Gasteiger partial charge >= 0.3 is 0 Å². The van der Waals surface area contributed by atoms with E-state index in [1.165, 1.54) is 4.90 Å². The van der Waals surface area contributed by atoms with Gasteiger partial charge in [-0.3, -0.25) is 14.5 Å². The zero-order valence-electron chi connectivity index (χ0n) is 19.2. The second-order valence-electron chi connectivity index (χ2n) is 7.93. The first-order chi connectivity index (χ1) is 16.8. The number of carbonyl (C=O) groups is 2. The Kier molecular flexibility index (Phi) is 8.36. The van der Waals surface area contributed by atoms with Gasteiger partial charge < -0.3 is 9.47 Å². The van der Waals surface area contributed by atoms with Crippen LogP contribution in [0, 0.1) is 6.92 Å². The SMILES string of the molecule is CCOc1cc(/C=C2\SC(=O)N(Cc3ccc(C)cc3)C2=O)cc(Br)c1OCc1ccc(Br)cc1. The first-order valence-electron chi connectivity index (χ1n) is 11.0. The highest BCUT2D eigenvalue weighted by molar-refractivity contribution is 9.10. The fourth-order valence-corrected chi connectivity index (χ4v) is 5.15. The minimum atomic E-state index is -0.301. The van der Waals surface area contributed by atoms with Crippen LogP contribution >= 0.6 is 43.6 Å². The lowest BCUT2D eigenvalue weighted by Gasteiger charge is -2.15. The number of nitrogens with zero attached hydrogens (tertiary/aromatic N) is 1. The molecule has 180 valence electrons. The van der Waals surface area contributed by atoms with Crippen molar-refractivity contribution in [2.45, 2.75) is 27.0 Å². The van der Waals surface area contributed by atoms with E-state index in [4.69, 9.17) is 9.47 Å². The van der Waals surface area contributed by atoms with E-state index in [2.05, 4.69) is 31.9 Å². The summed E-state index contributed by atoms with van der Waals surface area (Å²) in [5, 5.41) is -0.277. The van der Waals surface area contributed by atoms with Crippen molar-refractivity contribution < 1.29 is 19.1 Å². The Morgan fingerprint density at radius 1 is 0.943 bits per heavy atom. The highest BCUT2D eigenvalue weighted by atomic mass is 79.9. The fourth-order valence-electron chi connectivity index (χ4n) is 3.47. The third kappa shape index (κ3) is 6.37. The van der Waals surface area contributed by atoms with Crippen molar-refractivity contribution >= 4 is 60.8 Å². The summed E-state index contributed by atoms with van der Waals surface area (Å²) < 4.78 is 13.6. The molecule has 1 fully saturated rings. The zero-order valence-corrected chi connectivity index (χ0v) is 23.2. The molecular weight excluding hydrogens is 594 g/mol. The van der Waals surface area contributed by atoms with Crippen molar-refractivity contribution in [3.8, 4) is 11.5 Å². The summed E-state index contributed by atoms with van der Waals surface area (Å²) in [5.41, 5.74) is 3.79. The molecule has 0 spiro atoms. The molecule has 0 aliphatic carbocycles. The second kappa shape index (κ2) is 11.5. The van der Waals surface area contributed by atoms with Crippen molar-refractivity contribution in [2.24, 2.45) is 0 Å². The Bertz CT molecular complexity index is 1270. The standard InChI is InChI=1S/C27H23Br2NO4S/c1-3-33-23-13-20(12-22(29)25(23)34-16-19-8-10-21(28)11-9-19)14-24-26(31)30(27(32)35-24)15-18-6-4-17(2)5-7-18/h4-14H,3,15-16H2,1-2H3/b24-14-. The number of benzene rings is 3. The average Bonchev–Trinajstić information content (AvgIpc) is 3.08. The molecule has 0 aromatic heterocycles. The van der Waals surface area contributed by atoms with E-state index in [9.17, 15) is 9.59 Å². The van der Waals surface area contributed by atoms with Gasteiger partial charge in [0.25, 0.3) is 11.1 Å². The normalized spacial score (nSPS) is 14.6. The maximum absolute atomic E-state index is 13.0. The number of hydrogen-bond donors (Lipinski definition) is 0. The first kappa shape index (κ1) is 25.5. The van der Waals surface area contributed by atoms with E-state index in [0.717, 1.165) is 38.5 Å². The number of carbonyl (C=O) groups excluding carboxylic acids is 2. The van der Waals surface area contributed by atoms with Gasteiger partial charge in [-0.1, -0.05) is 57.9 Å². The number of aryl methyl sites for hydroxylation is 1. The first-order valence-corrected chi connectivity index (χ1v) is 13.4. The molecule has 0 atom stereocenters. The van der Waals surface area contributed by atoms with Crippen molar-refractivity contribution in [2.75, 3.05) is 6.61 Å². The Hall–Kier alpha value is -2.55. The van der Waals surface area contributed by atoms with Gasteiger partial charge in [0.1, 0.15) is 6.61 Å². The maximum atomic E-state index is 13.0. The van der Waals surface area contributed by atoms with Crippen LogP contribution in [0.15, 0.2) is 74.5 Å². The van der Waals surface area contributed by atoms with Crippen LogP contribution in [-0.4, -0.2) is 22.7 Å². The minimum Gasteiger partial charge on any atom is -0.490 e. The summed E-state index contributed by atoms with van der Waals surface area (Å²) in [5.74, 6) is 0.841. The van der Waals surface area contributed by atoms with E-state index in [1.807, 2.05) is 74.5 Å². The van der Waals surface area contributed by atoms with Crippen molar-refractivity contribution in [1.29, 1.82) is 0 Å². The molecule has 1 saturated heterocycles. The van der Waals surface area contributed by atoms with Crippen LogP contribution in [-0.2, 0) is 17.9 Å². The number of rotatable bonds is 8. The number of amides is 2. The van der Waals surface area contributed by atoms with E-state index in [1.54, 1.807) is 6.08 Å². The fraction of sp³-hybridized carbons (Fsp3) is 0.185. The van der Waals surface area contributed by atoms with Gasteiger partial charge in [-0.15, -0.1) is 0 Å². The Balaban J connectivity index is 1.54. The molecule has 1 heterocycles. The smallest absolute Gasteiger partial charge is 0.293 e. The van der Waals surface area contributed by atoms with E-state index < -0.39 is 0 Å². The molecule has 0 N–H and O–H groups in total. The van der Waals surface area contributed by atoms with Gasteiger partial charge in [0.05, 0.1) is 22.5 Å². The van der Waals surface area contributed by atoms with Gasteiger partial charge in [-0.25, -0.2) is 0 Å². The van der Waals surface area contributed by atoms with Crippen molar-refractivity contribution in [3.05, 3.63) is 96.8 Å². The summed E-state index contributed by atoms with van der Waals surface area (Å²) in [6.45, 7) is 4.98. The third-order valence-corrected chi connectivity index (χ3v) is 7.29. The Morgan fingerprint density at radius 3 is 2.31 bits per heavy atom. The van der Waals surface area contributed by atoms with Crippen molar-refractivity contribution in [3.63, 3.8) is 0 Å². The maximum Gasteiger partial charge on any atom is 0.293 e. The molecule has 1 aliphatic rings. The molecule has 1 aliphatic heterocycles. The summed E-state index contributed by atoms with van der Waals surface area (Å²) in [7, 11) is 0. The van der Waals surface area contributed by atoms with Crippen LogP contribution in [0.2, 0.25) is 0 Å². The zero-order chi connectivity index (χ0) is 24.9. The summed E-state index contributed by atoms with van der Waals surface area (Å²) in [6.07, 6.45) is 1.71. The minimum absolute atomic E-state index is 0.249. The van der Waals surface area contributed by atoms with Crippen LogP contribution in [0.3, 0.4) is 0 Å². The molecule has 0 saturated carbocycles. The third-order valence-electron chi connectivity index (χ3n) is 5.26. The number of halogens is 2. The Labute approximate surface area is 225 Å². The predicted molar refractivity (Wildman–Crippen MR) is 146 cm³/mol. The largest absolute Gasteiger partial charge is 0.490 e. The summed E-state index contributed by atoms with van der Waals surface area (Å²) >= 11 is 7.96. The number of thioether (sulfide) groups is 1. The quantitative estimate of drug-likeness (QED) is 0.242. The highest BCUT2D eigenvalue weighted by Crippen LogP contribution is 2.40. The topological polar surface area (TPSA) is 55.8 Å². The lowest BCUT2D eigenvalue weighted by Crippen LogP contribution is -2.27. The number of ether oxygens (including phenoxy) is 2. The molecule has 35 heavy (non-hydrogen) atoms. The van der Waals surface area contributed by atoms with Gasteiger partial charge in [-0.2, -0.15) is 0 Å². The molecule has 0 bridgehead atoms. The predicted octanol–water partition coefficient (Wildman–Crippen LogP) is 7.73. The summed E-state index contributed by atoms with van der Waals surface area (Å²) in [4.78, 5) is 27.2. The summed E-state index contributed by atoms with van der Waals surface area (Å²) in [6, 6.07) is 19.4.